The molecule has 2 amide bonds. The number of hydrogen-bond acceptors (Lipinski definition) is 5. The van der Waals surface area contributed by atoms with E-state index in [0.717, 1.165) is 18.2 Å². The van der Waals surface area contributed by atoms with Gasteiger partial charge in [0.05, 0.1) is 25.2 Å². The van der Waals surface area contributed by atoms with Crippen LogP contribution in [0.15, 0.2) is 35.3 Å². The molecule has 0 saturated carbocycles. The molecule has 1 aliphatic rings. The van der Waals surface area contributed by atoms with Crippen LogP contribution in [0.2, 0.25) is 0 Å². The van der Waals surface area contributed by atoms with Crippen molar-refractivity contribution in [2.45, 2.75) is 31.8 Å². The van der Waals surface area contributed by atoms with Gasteiger partial charge in [0, 0.05) is 18.5 Å². The van der Waals surface area contributed by atoms with Crippen molar-refractivity contribution in [3.8, 4) is 0 Å². The van der Waals surface area contributed by atoms with Gasteiger partial charge in [-0.05, 0) is 25.3 Å². The minimum absolute atomic E-state index is 0.189. The number of fused-ring (bicyclic) bond motifs is 1. The Morgan fingerprint density at radius 1 is 1.31 bits per heavy atom. The lowest BCUT2D eigenvalue weighted by molar-refractivity contribution is -0.127. The summed E-state index contributed by atoms with van der Waals surface area (Å²) in [5.41, 5.74) is -0.189. The Hall–Kier alpha value is -2.90. The van der Waals surface area contributed by atoms with E-state index in [4.69, 9.17) is 4.74 Å². The second-order valence-corrected chi connectivity index (χ2v) is 6.23. The maximum atomic E-state index is 12.4. The summed E-state index contributed by atoms with van der Waals surface area (Å²) < 4.78 is 6.09. The van der Waals surface area contributed by atoms with E-state index in [0.29, 0.717) is 18.4 Å². The molecule has 1 aliphatic heterocycles. The van der Waals surface area contributed by atoms with Crippen molar-refractivity contribution in [1.29, 1.82) is 0 Å². The van der Waals surface area contributed by atoms with E-state index in [1.54, 1.807) is 18.3 Å². The molecule has 1 saturated heterocycles. The highest BCUT2D eigenvalue weighted by Crippen LogP contribution is 2.18. The zero-order valence-electron chi connectivity index (χ0n) is 14.7. The van der Waals surface area contributed by atoms with Gasteiger partial charge in [-0.25, -0.2) is 9.48 Å². The van der Waals surface area contributed by atoms with E-state index in [2.05, 4.69) is 10.4 Å². The summed E-state index contributed by atoms with van der Waals surface area (Å²) in [7, 11) is 1.31. The summed E-state index contributed by atoms with van der Waals surface area (Å²) in [5, 5.41) is 8.32. The van der Waals surface area contributed by atoms with E-state index in [1.165, 1.54) is 16.7 Å². The van der Waals surface area contributed by atoms with Crippen LogP contribution >= 0.6 is 0 Å². The minimum Gasteiger partial charge on any atom is -0.453 e. The highest BCUT2D eigenvalue weighted by molar-refractivity contribution is 5.85. The Bertz CT molecular complexity index is 864. The topological polar surface area (TPSA) is 93.5 Å². The predicted molar refractivity (Wildman–Crippen MR) is 95.8 cm³/mol. The standard InChI is InChI=1S/C18H22N4O4/c1-26-18(25)21-10-5-4-8-15(21)16(23)19-9-11-22-17(24)14-7-3-2-6-13(14)12-20-22/h2-3,6-7,12,15H,4-5,8-11H2,1H3,(H,19,23)/t15-/m1/s1. The molecule has 2 heterocycles. The number of likely N-dealkylation sites (tertiary alicyclic amines) is 1. The molecule has 0 unspecified atom stereocenters. The quantitative estimate of drug-likeness (QED) is 0.884. The summed E-state index contributed by atoms with van der Waals surface area (Å²) >= 11 is 0. The van der Waals surface area contributed by atoms with E-state index >= 15 is 0 Å². The van der Waals surface area contributed by atoms with E-state index in [1.807, 2.05) is 12.1 Å². The maximum Gasteiger partial charge on any atom is 0.410 e. The Kier molecular flexibility index (Phi) is 5.50. The molecule has 8 nitrogen and oxygen atoms in total. The Labute approximate surface area is 150 Å². The predicted octanol–water partition coefficient (Wildman–Crippen LogP) is 1.13. The first-order chi connectivity index (χ1) is 12.6. The van der Waals surface area contributed by atoms with Crippen molar-refractivity contribution in [2.75, 3.05) is 20.2 Å². The number of benzene rings is 1. The fourth-order valence-corrected chi connectivity index (χ4v) is 3.23. The summed E-state index contributed by atoms with van der Waals surface area (Å²) in [4.78, 5) is 38.1. The van der Waals surface area contributed by atoms with Gasteiger partial charge in [0.1, 0.15) is 6.04 Å². The first-order valence-corrected chi connectivity index (χ1v) is 8.69. The highest BCUT2D eigenvalue weighted by Gasteiger charge is 2.32. The molecule has 8 heteroatoms. The van der Waals surface area contributed by atoms with Crippen molar-refractivity contribution < 1.29 is 14.3 Å². The number of methoxy groups -OCH3 is 1. The lowest BCUT2D eigenvalue weighted by Crippen LogP contribution is -2.52. The monoisotopic (exact) mass is 358 g/mol. The molecule has 1 aromatic heterocycles. The zero-order valence-corrected chi connectivity index (χ0v) is 14.7. The van der Waals surface area contributed by atoms with Gasteiger partial charge < -0.3 is 10.1 Å². The third-order valence-electron chi connectivity index (χ3n) is 4.60. The molecule has 2 aromatic rings. The van der Waals surface area contributed by atoms with Gasteiger partial charge in [-0.1, -0.05) is 18.2 Å². The third kappa shape index (κ3) is 3.68. The van der Waals surface area contributed by atoms with Crippen molar-refractivity contribution in [3.63, 3.8) is 0 Å². The Balaban J connectivity index is 1.62. The maximum absolute atomic E-state index is 12.4. The van der Waals surface area contributed by atoms with Crippen molar-refractivity contribution in [2.24, 2.45) is 0 Å². The molecule has 1 fully saturated rings. The average molecular weight is 358 g/mol. The molecular formula is C18H22N4O4. The third-order valence-corrected chi connectivity index (χ3v) is 4.60. The SMILES string of the molecule is COC(=O)N1CCCC[C@@H]1C(=O)NCCn1ncc2ccccc2c1=O. The first-order valence-electron chi connectivity index (χ1n) is 8.69. The molecule has 3 rings (SSSR count). The van der Waals surface area contributed by atoms with Crippen LogP contribution in [-0.4, -0.2) is 52.9 Å². The summed E-state index contributed by atoms with van der Waals surface area (Å²) in [6.45, 7) is 1.03. The van der Waals surface area contributed by atoms with Gasteiger partial charge >= 0.3 is 6.09 Å². The molecule has 0 radical (unpaired) electrons. The molecule has 1 atom stereocenters. The lowest BCUT2D eigenvalue weighted by atomic mass is 10.0. The molecular weight excluding hydrogens is 336 g/mol. The van der Waals surface area contributed by atoms with Gasteiger partial charge in [-0.15, -0.1) is 0 Å². The number of amides is 2. The molecule has 138 valence electrons. The molecule has 0 aliphatic carbocycles. The second-order valence-electron chi connectivity index (χ2n) is 6.23. The van der Waals surface area contributed by atoms with Crippen molar-refractivity contribution >= 4 is 22.8 Å². The minimum atomic E-state index is -0.530. The summed E-state index contributed by atoms with van der Waals surface area (Å²) in [6, 6.07) is 6.72. The molecule has 26 heavy (non-hydrogen) atoms. The van der Waals surface area contributed by atoms with Crippen molar-refractivity contribution in [1.82, 2.24) is 20.0 Å². The van der Waals surface area contributed by atoms with Crippen LogP contribution < -0.4 is 10.9 Å². The molecule has 1 N–H and O–H groups in total. The van der Waals surface area contributed by atoms with Crippen LogP contribution in [0.4, 0.5) is 4.79 Å². The van der Waals surface area contributed by atoms with E-state index in [-0.39, 0.29) is 24.6 Å². The number of aromatic nitrogens is 2. The Morgan fingerprint density at radius 3 is 2.92 bits per heavy atom. The van der Waals surface area contributed by atoms with Crippen LogP contribution in [-0.2, 0) is 16.1 Å². The lowest BCUT2D eigenvalue weighted by Gasteiger charge is -2.33. The van der Waals surface area contributed by atoms with Crippen molar-refractivity contribution in [3.05, 3.63) is 40.8 Å². The van der Waals surface area contributed by atoms with Gasteiger partial charge in [-0.3, -0.25) is 14.5 Å². The van der Waals surface area contributed by atoms with Crippen LogP contribution in [0.1, 0.15) is 19.3 Å². The van der Waals surface area contributed by atoms with Gasteiger partial charge in [0.25, 0.3) is 5.56 Å². The van der Waals surface area contributed by atoms with Gasteiger partial charge in [0.2, 0.25) is 5.91 Å². The second kappa shape index (κ2) is 7.99. The van der Waals surface area contributed by atoms with Gasteiger partial charge in [0.15, 0.2) is 0 Å². The van der Waals surface area contributed by atoms with Crippen LogP contribution in [0.25, 0.3) is 10.8 Å². The summed E-state index contributed by atoms with van der Waals surface area (Å²) in [5.74, 6) is -0.232. The number of piperidine rings is 1. The van der Waals surface area contributed by atoms with E-state index in [9.17, 15) is 14.4 Å². The fourth-order valence-electron chi connectivity index (χ4n) is 3.23. The number of ether oxygens (including phenoxy) is 1. The highest BCUT2D eigenvalue weighted by atomic mass is 16.5. The number of carbonyl (C=O) groups is 2. The first kappa shape index (κ1) is 17.9. The molecule has 0 spiro atoms. The molecule has 1 aromatic carbocycles. The van der Waals surface area contributed by atoms with E-state index < -0.39 is 12.1 Å². The van der Waals surface area contributed by atoms with Gasteiger partial charge in [-0.2, -0.15) is 5.10 Å². The smallest absolute Gasteiger partial charge is 0.410 e. The number of hydrogen-bond donors (Lipinski definition) is 1. The van der Waals surface area contributed by atoms with Crippen LogP contribution in [0.3, 0.4) is 0 Å². The number of nitrogens with zero attached hydrogens (tertiary/aromatic N) is 3. The van der Waals surface area contributed by atoms with Crippen LogP contribution in [0.5, 0.6) is 0 Å². The number of rotatable bonds is 4. The summed E-state index contributed by atoms with van der Waals surface area (Å²) in [6.07, 6.45) is 3.50. The van der Waals surface area contributed by atoms with Crippen LogP contribution in [0, 0.1) is 0 Å². The fraction of sp³-hybridized carbons (Fsp3) is 0.444. The average Bonchev–Trinajstić information content (AvgIpc) is 2.69. The number of nitrogens with one attached hydrogen (secondary N) is 1. The largest absolute Gasteiger partial charge is 0.453 e. The Morgan fingerprint density at radius 2 is 2.12 bits per heavy atom. The normalized spacial score (nSPS) is 17.1. The number of carbonyl (C=O) groups excluding carboxylic acids is 2. The zero-order chi connectivity index (χ0) is 18.5. The molecule has 0 bridgehead atoms.